The lowest BCUT2D eigenvalue weighted by atomic mass is 10.1. The van der Waals surface area contributed by atoms with Crippen LogP contribution in [0.2, 0.25) is 5.02 Å². The molecule has 1 aromatic carbocycles. The van der Waals surface area contributed by atoms with Gasteiger partial charge in [0.05, 0.1) is 0 Å². The molecule has 0 radical (unpaired) electrons. The summed E-state index contributed by atoms with van der Waals surface area (Å²) in [4.78, 5) is 16.8. The maximum Gasteiger partial charge on any atom is 0.244 e. The fraction of sp³-hybridized carbons (Fsp3) is 0.500. The molecular formula is C14H21ClN6O. The van der Waals surface area contributed by atoms with Crippen LogP contribution in [0.4, 0.5) is 5.69 Å². The normalized spacial score (nSPS) is 26.2. The monoisotopic (exact) mass is 324 g/mol. The summed E-state index contributed by atoms with van der Waals surface area (Å²) >= 11 is 5.99. The molecular weight excluding hydrogens is 304 g/mol. The number of rotatable bonds is 3. The zero-order valence-corrected chi connectivity index (χ0v) is 13.2. The van der Waals surface area contributed by atoms with Crippen molar-refractivity contribution in [2.75, 3.05) is 38.5 Å². The molecule has 0 saturated carbocycles. The zero-order valence-electron chi connectivity index (χ0n) is 12.5. The van der Waals surface area contributed by atoms with Gasteiger partial charge in [-0.1, -0.05) is 17.7 Å². The lowest BCUT2D eigenvalue weighted by molar-refractivity contribution is -0.134. The van der Waals surface area contributed by atoms with Crippen LogP contribution >= 0.6 is 11.6 Å². The molecule has 2 aliphatic heterocycles. The van der Waals surface area contributed by atoms with E-state index in [4.69, 9.17) is 11.6 Å². The number of carbonyl (C=O) groups excluding carboxylic acids is 1. The first-order valence-electron chi connectivity index (χ1n) is 7.39. The van der Waals surface area contributed by atoms with Crippen LogP contribution in [-0.2, 0) is 4.79 Å². The number of amides is 1. The molecule has 120 valence electrons. The summed E-state index contributed by atoms with van der Waals surface area (Å²) in [6, 6.07) is 7.07. The van der Waals surface area contributed by atoms with E-state index >= 15 is 0 Å². The topological polar surface area (TPSA) is 71.7 Å². The van der Waals surface area contributed by atoms with Crippen molar-refractivity contribution in [3.05, 3.63) is 29.3 Å². The number of carbonyl (C=O) groups is 1. The van der Waals surface area contributed by atoms with Crippen LogP contribution < -0.4 is 21.7 Å². The van der Waals surface area contributed by atoms with E-state index in [0.29, 0.717) is 5.02 Å². The third-order valence-corrected chi connectivity index (χ3v) is 4.25. The van der Waals surface area contributed by atoms with Crippen molar-refractivity contribution in [3.63, 3.8) is 0 Å². The number of hydrogen-bond donors (Lipinski definition) is 4. The minimum Gasteiger partial charge on any atom is -0.367 e. The summed E-state index contributed by atoms with van der Waals surface area (Å²) in [5.41, 5.74) is 9.72. The summed E-state index contributed by atoms with van der Waals surface area (Å²) in [6.45, 7) is 3.34. The molecule has 2 unspecified atom stereocenters. The van der Waals surface area contributed by atoms with E-state index < -0.39 is 0 Å². The number of benzene rings is 1. The maximum atomic E-state index is 12.7. The van der Waals surface area contributed by atoms with Crippen molar-refractivity contribution >= 4 is 23.2 Å². The molecule has 0 aliphatic carbocycles. The van der Waals surface area contributed by atoms with Crippen LogP contribution in [0, 0.1) is 0 Å². The van der Waals surface area contributed by atoms with Crippen LogP contribution in [0.1, 0.15) is 0 Å². The van der Waals surface area contributed by atoms with E-state index in [1.165, 1.54) is 0 Å². The predicted molar refractivity (Wildman–Crippen MR) is 86.1 cm³/mol. The molecule has 1 aromatic rings. The second kappa shape index (κ2) is 6.80. The SMILES string of the molecule is CN1CCN(C(=O)C2NNNC2Nc2cccc(Cl)c2)CC1. The fourth-order valence-electron chi connectivity index (χ4n) is 2.67. The van der Waals surface area contributed by atoms with E-state index in [0.717, 1.165) is 31.9 Å². The van der Waals surface area contributed by atoms with Crippen molar-refractivity contribution in [1.29, 1.82) is 0 Å². The number of piperazine rings is 1. The standard InChI is InChI=1S/C14H21ClN6O/c1-20-5-7-21(8-6-20)14(22)12-13(18-19-17-12)16-11-4-2-3-10(15)9-11/h2-4,9,12-13,16-19H,5-8H2,1H3. The zero-order chi connectivity index (χ0) is 15.5. The van der Waals surface area contributed by atoms with E-state index in [9.17, 15) is 4.79 Å². The number of nitrogens with zero attached hydrogens (tertiary/aromatic N) is 2. The van der Waals surface area contributed by atoms with Crippen LogP contribution in [0.5, 0.6) is 0 Å². The van der Waals surface area contributed by atoms with E-state index in [2.05, 4.69) is 33.7 Å². The Balaban J connectivity index is 1.64. The molecule has 2 saturated heterocycles. The van der Waals surface area contributed by atoms with Gasteiger partial charge in [-0.2, -0.15) is 5.53 Å². The fourth-order valence-corrected chi connectivity index (χ4v) is 2.86. The minimum absolute atomic E-state index is 0.0881. The average Bonchev–Trinajstić information content (AvgIpc) is 2.95. The highest BCUT2D eigenvalue weighted by molar-refractivity contribution is 6.30. The number of likely N-dealkylation sites (N-methyl/N-ethyl adjacent to an activating group) is 1. The molecule has 0 spiro atoms. The molecule has 8 heteroatoms. The van der Waals surface area contributed by atoms with Gasteiger partial charge in [0, 0.05) is 36.9 Å². The number of hydrazine groups is 2. The molecule has 4 N–H and O–H groups in total. The Bertz CT molecular complexity index is 534. The third kappa shape index (κ3) is 3.50. The summed E-state index contributed by atoms with van der Waals surface area (Å²) in [6.07, 6.45) is -0.245. The second-order valence-electron chi connectivity index (χ2n) is 5.65. The molecule has 0 aromatic heterocycles. The van der Waals surface area contributed by atoms with Crippen molar-refractivity contribution in [2.45, 2.75) is 12.2 Å². The van der Waals surface area contributed by atoms with Gasteiger partial charge in [-0.3, -0.25) is 4.79 Å². The highest BCUT2D eigenvalue weighted by Crippen LogP contribution is 2.17. The molecule has 2 atom stereocenters. The Kier molecular flexibility index (Phi) is 4.80. The Morgan fingerprint density at radius 3 is 2.77 bits per heavy atom. The Hall–Kier alpha value is -1.38. The summed E-state index contributed by atoms with van der Waals surface area (Å²) in [5.74, 6) is 0.0881. The van der Waals surface area contributed by atoms with Gasteiger partial charge < -0.3 is 15.1 Å². The van der Waals surface area contributed by atoms with Crippen molar-refractivity contribution < 1.29 is 4.79 Å². The van der Waals surface area contributed by atoms with Crippen LogP contribution in [0.3, 0.4) is 0 Å². The van der Waals surface area contributed by atoms with Gasteiger partial charge in [0.1, 0.15) is 12.2 Å². The van der Waals surface area contributed by atoms with Gasteiger partial charge in [0.15, 0.2) is 0 Å². The average molecular weight is 325 g/mol. The Labute approximate surface area is 134 Å². The first-order chi connectivity index (χ1) is 10.6. The minimum atomic E-state index is -0.373. The second-order valence-corrected chi connectivity index (χ2v) is 6.09. The van der Waals surface area contributed by atoms with Crippen molar-refractivity contribution in [3.8, 4) is 0 Å². The Morgan fingerprint density at radius 1 is 1.27 bits per heavy atom. The van der Waals surface area contributed by atoms with Gasteiger partial charge in [-0.15, -0.1) is 0 Å². The maximum absolute atomic E-state index is 12.7. The van der Waals surface area contributed by atoms with Crippen LogP contribution in [0.25, 0.3) is 0 Å². The van der Waals surface area contributed by atoms with Gasteiger partial charge >= 0.3 is 0 Å². The van der Waals surface area contributed by atoms with E-state index in [1.807, 2.05) is 29.2 Å². The van der Waals surface area contributed by atoms with Gasteiger partial charge in [-0.05, 0) is 25.2 Å². The largest absolute Gasteiger partial charge is 0.367 e. The first kappa shape index (κ1) is 15.5. The molecule has 2 aliphatic rings. The van der Waals surface area contributed by atoms with E-state index in [-0.39, 0.29) is 18.1 Å². The molecule has 22 heavy (non-hydrogen) atoms. The van der Waals surface area contributed by atoms with Crippen LogP contribution in [-0.4, -0.2) is 61.1 Å². The smallest absolute Gasteiger partial charge is 0.244 e. The third-order valence-electron chi connectivity index (χ3n) is 4.02. The predicted octanol–water partition coefficient (Wildman–Crippen LogP) is -0.167. The summed E-state index contributed by atoms with van der Waals surface area (Å²) in [5, 5.41) is 3.94. The molecule has 3 rings (SSSR count). The summed E-state index contributed by atoms with van der Waals surface area (Å²) in [7, 11) is 2.07. The lowest BCUT2D eigenvalue weighted by Gasteiger charge is -2.34. The van der Waals surface area contributed by atoms with Gasteiger partial charge in [0.2, 0.25) is 5.91 Å². The van der Waals surface area contributed by atoms with Crippen molar-refractivity contribution in [1.82, 2.24) is 26.2 Å². The number of anilines is 1. The first-order valence-corrected chi connectivity index (χ1v) is 7.77. The summed E-state index contributed by atoms with van der Waals surface area (Å²) < 4.78 is 0. The molecule has 1 amide bonds. The molecule has 2 heterocycles. The molecule has 7 nitrogen and oxygen atoms in total. The van der Waals surface area contributed by atoms with Crippen LogP contribution in [0.15, 0.2) is 24.3 Å². The lowest BCUT2D eigenvalue weighted by Crippen LogP contribution is -2.56. The number of halogens is 1. The van der Waals surface area contributed by atoms with Gasteiger partial charge in [-0.25, -0.2) is 10.9 Å². The van der Waals surface area contributed by atoms with Crippen molar-refractivity contribution in [2.24, 2.45) is 0 Å². The highest BCUT2D eigenvalue weighted by atomic mass is 35.5. The number of hydrogen-bond acceptors (Lipinski definition) is 6. The molecule has 0 bridgehead atoms. The van der Waals surface area contributed by atoms with Gasteiger partial charge in [0.25, 0.3) is 0 Å². The Morgan fingerprint density at radius 2 is 2.05 bits per heavy atom. The van der Waals surface area contributed by atoms with E-state index in [1.54, 1.807) is 0 Å². The molecule has 2 fully saturated rings. The highest BCUT2D eigenvalue weighted by Gasteiger charge is 2.36. The number of nitrogens with one attached hydrogen (secondary N) is 4. The quantitative estimate of drug-likeness (QED) is 0.619.